The van der Waals surface area contributed by atoms with E-state index < -0.39 is 22.3 Å². The van der Waals surface area contributed by atoms with Gasteiger partial charge in [-0.3, -0.25) is 14.9 Å². The molecule has 0 spiro atoms. The maximum absolute atomic E-state index is 13.2. The summed E-state index contributed by atoms with van der Waals surface area (Å²) in [7, 11) is 0. The Bertz CT molecular complexity index is 520. The first-order valence-electron chi connectivity index (χ1n) is 6.04. The number of amides is 1. The summed E-state index contributed by atoms with van der Waals surface area (Å²) in [5, 5.41) is 13.3. The number of halogens is 2. The molecule has 0 radical (unpaired) electrons. The predicted octanol–water partition coefficient (Wildman–Crippen LogP) is 3.12. The van der Waals surface area contributed by atoms with Gasteiger partial charge in [0.25, 0.3) is 11.6 Å². The second-order valence-corrected chi connectivity index (χ2v) is 5.62. The number of rotatable bonds is 6. The van der Waals surface area contributed by atoms with Crippen LogP contribution in [0.25, 0.3) is 0 Å². The number of non-ortho nitro benzene ring substituents is 1. The summed E-state index contributed by atoms with van der Waals surface area (Å²) in [4.78, 5) is 21.8. The molecule has 0 bridgehead atoms. The average molecular weight is 303 g/mol. The Hall–Kier alpha value is -1.69. The number of benzene rings is 1. The summed E-state index contributed by atoms with van der Waals surface area (Å²) in [6.45, 7) is 4.22. The van der Waals surface area contributed by atoms with Crippen molar-refractivity contribution in [2.45, 2.75) is 20.3 Å². The van der Waals surface area contributed by atoms with Crippen LogP contribution < -0.4 is 5.32 Å². The highest BCUT2D eigenvalue weighted by atomic mass is 35.5. The highest BCUT2D eigenvalue weighted by Gasteiger charge is 2.20. The lowest BCUT2D eigenvalue weighted by atomic mass is 9.90. The second kappa shape index (κ2) is 6.65. The molecule has 0 saturated carbocycles. The first kappa shape index (κ1) is 16.4. The second-order valence-electron chi connectivity index (χ2n) is 5.24. The number of nitro benzene ring substituents is 1. The van der Waals surface area contributed by atoms with Crippen LogP contribution >= 0.6 is 11.6 Å². The summed E-state index contributed by atoms with van der Waals surface area (Å²) < 4.78 is 13.2. The molecule has 5 nitrogen and oxygen atoms in total. The van der Waals surface area contributed by atoms with Gasteiger partial charge in [0.15, 0.2) is 0 Å². The van der Waals surface area contributed by atoms with Gasteiger partial charge in [0.2, 0.25) is 0 Å². The minimum Gasteiger partial charge on any atom is -0.351 e. The maximum atomic E-state index is 13.2. The van der Waals surface area contributed by atoms with Gasteiger partial charge in [-0.15, -0.1) is 11.6 Å². The van der Waals surface area contributed by atoms with E-state index in [-0.39, 0.29) is 11.0 Å². The van der Waals surface area contributed by atoms with Gasteiger partial charge in [0.05, 0.1) is 11.0 Å². The lowest BCUT2D eigenvalue weighted by Crippen LogP contribution is -2.34. The first-order chi connectivity index (χ1) is 9.25. The van der Waals surface area contributed by atoms with Gasteiger partial charge in [-0.25, -0.2) is 4.39 Å². The zero-order valence-electron chi connectivity index (χ0n) is 11.3. The summed E-state index contributed by atoms with van der Waals surface area (Å²) in [5.41, 5.74) is -0.718. The Morgan fingerprint density at radius 1 is 1.45 bits per heavy atom. The van der Waals surface area contributed by atoms with Gasteiger partial charge >= 0.3 is 0 Å². The Kier molecular flexibility index (Phi) is 5.44. The Labute approximate surface area is 121 Å². The number of carbonyl (C=O) groups is 1. The van der Waals surface area contributed by atoms with Gasteiger partial charge in [0, 0.05) is 24.1 Å². The van der Waals surface area contributed by atoms with Crippen LogP contribution in [0.4, 0.5) is 10.1 Å². The van der Waals surface area contributed by atoms with Gasteiger partial charge in [-0.2, -0.15) is 0 Å². The quantitative estimate of drug-likeness (QED) is 0.498. The lowest BCUT2D eigenvalue weighted by Gasteiger charge is -2.23. The smallest absolute Gasteiger partial charge is 0.273 e. The van der Waals surface area contributed by atoms with Gasteiger partial charge < -0.3 is 5.32 Å². The molecule has 1 amide bonds. The molecule has 1 aromatic carbocycles. The van der Waals surface area contributed by atoms with E-state index in [1.165, 1.54) is 0 Å². The predicted molar refractivity (Wildman–Crippen MR) is 74.5 cm³/mol. The molecule has 1 aromatic rings. The lowest BCUT2D eigenvalue weighted by molar-refractivity contribution is -0.385. The standard InChI is InChI=1S/C13H16ClFN2O3/c1-13(2,3-4-14)8-16-12(18)9-5-10(15)7-11(6-9)17(19)20/h5-7H,3-4,8H2,1-2H3,(H,16,18). The normalized spacial score (nSPS) is 11.2. The number of nitrogens with zero attached hydrogens (tertiary/aromatic N) is 1. The summed E-state index contributed by atoms with van der Waals surface area (Å²) in [6.07, 6.45) is 0.706. The topological polar surface area (TPSA) is 72.2 Å². The maximum Gasteiger partial charge on any atom is 0.273 e. The van der Waals surface area contributed by atoms with E-state index in [1.54, 1.807) is 0 Å². The molecule has 1 N–H and O–H groups in total. The third-order valence-electron chi connectivity index (χ3n) is 2.85. The van der Waals surface area contributed by atoms with E-state index in [4.69, 9.17) is 11.6 Å². The number of nitrogens with one attached hydrogen (secondary N) is 1. The molecular formula is C13H16ClFN2O3. The monoisotopic (exact) mass is 302 g/mol. The minimum atomic E-state index is -0.815. The fraction of sp³-hybridized carbons (Fsp3) is 0.462. The van der Waals surface area contributed by atoms with Crippen molar-refractivity contribution in [1.82, 2.24) is 5.32 Å². The van der Waals surface area contributed by atoms with Crippen LogP contribution in [0.1, 0.15) is 30.6 Å². The number of carbonyl (C=O) groups excluding carboxylic acids is 1. The van der Waals surface area contributed by atoms with Crippen molar-refractivity contribution < 1.29 is 14.1 Å². The first-order valence-corrected chi connectivity index (χ1v) is 6.58. The number of nitro groups is 1. The number of hydrogen-bond acceptors (Lipinski definition) is 3. The van der Waals surface area contributed by atoms with Crippen molar-refractivity contribution >= 4 is 23.2 Å². The Morgan fingerprint density at radius 3 is 2.65 bits per heavy atom. The fourth-order valence-electron chi connectivity index (χ4n) is 1.58. The molecule has 7 heteroatoms. The zero-order valence-corrected chi connectivity index (χ0v) is 12.0. The van der Waals surface area contributed by atoms with Crippen molar-refractivity contribution in [3.8, 4) is 0 Å². The van der Waals surface area contributed by atoms with Crippen LogP contribution in [-0.2, 0) is 0 Å². The molecule has 0 saturated heterocycles. The molecule has 110 valence electrons. The molecule has 0 fully saturated rings. The molecule has 0 aromatic heterocycles. The zero-order chi connectivity index (χ0) is 15.3. The molecule has 20 heavy (non-hydrogen) atoms. The Morgan fingerprint density at radius 2 is 2.10 bits per heavy atom. The third kappa shape index (κ3) is 4.77. The summed E-state index contributed by atoms with van der Waals surface area (Å²) >= 11 is 5.66. The molecular weight excluding hydrogens is 287 g/mol. The molecule has 0 unspecified atom stereocenters. The van der Waals surface area contributed by atoms with Crippen molar-refractivity contribution in [2.75, 3.05) is 12.4 Å². The molecule has 0 aliphatic carbocycles. The van der Waals surface area contributed by atoms with Gasteiger partial charge in [-0.1, -0.05) is 13.8 Å². The molecule has 0 aliphatic heterocycles. The van der Waals surface area contributed by atoms with Crippen LogP contribution in [0.15, 0.2) is 18.2 Å². The van der Waals surface area contributed by atoms with Crippen LogP contribution in [0.2, 0.25) is 0 Å². The van der Waals surface area contributed by atoms with Crippen LogP contribution in [0, 0.1) is 21.3 Å². The van der Waals surface area contributed by atoms with Crippen molar-refractivity contribution in [2.24, 2.45) is 5.41 Å². The largest absolute Gasteiger partial charge is 0.351 e. The van der Waals surface area contributed by atoms with E-state index in [1.807, 2.05) is 13.8 Å². The van der Waals surface area contributed by atoms with Gasteiger partial charge in [0.1, 0.15) is 5.82 Å². The number of alkyl halides is 1. The summed E-state index contributed by atoms with van der Waals surface area (Å²) in [6, 6.07) is 2.79. The highest BCUT2D eigenvalue weighted by Crippen LogP contribution is 2.20. The van der Waals surface area contributed by atoms with E-state index >= 15 is 0 Å². The highest BCUT2D eigenvalue weighted by molar-refractivity contribution is 6.17. The average Bonchev–Trinajstić information content (AvgIpc) is 2.35. The van der Waals surface area contributed by atoms with Gasteiger partial charge in [-0.05, 0) is 17.9 Å². The van der Waals surface area contributed by atoms with Crippen molar-refractivity contribution in [1.29, 1.82) is 0 Å². The van der Waals surface area contributed by atoms with E-state index in [0.717, 1.165) is 18.2 Å². The van der Waals surface area contributed by atoms with E-state index in [9.17, 15) is 19.3 Å². The molecule has 0 heterocycles. The molecule has 0 aliphatic rings. The van der Waals surface area contributed by atoms with Crippen molar-refractivity contribution in [3.05, 3.63) is 39.7 Å². The van der Waals surface area contributed by atoms with Crippen LogP contribution in [0.3, 0.4) is 0 Å². The third-order valence-corrected chi connectivity index (χ3v) is 3.04. The number of hydrogen-bond donors (Lipinski definition) is 1. The van der Waals surface area contributed by atoms with E-state index in [2.05, 4.69) is 5.32 Å². The molecule has 0 atom stereocenters. The summed E-state index contributed by atoms with van der Waals surface area (Å²) in [5.74, 6) is -0.895. The van der Waals surface area contributed by atoms with E-state index in [0.29, 0.717) is 18.8 Å². The van der Waals surface area contributed by atoms with Crippen LogP contribution in [0.5, 0.6) is 0 Å². The van der Waals surface area contributed by atoms with Crippen molar-refractivity contribution in [3.63, 3.8) is 0 Å². The Balaban J connectivity index is 2.80. The minimum absolute atomic E-state index is 0.0710. The van der Waals surface area contributed by atoms with Crippen LogP contribution in [-0.4, -0.2) is 23.3 Å². The molecule has 1 rings (SSSR count). The fourth-order valence-corrected chi connectivity index (χ4v) is 2.09. The SMILES string of the molecule is CC(C)(CCCl)CNC(=O)c1cc(F)cc([N+](=O)[O-])c1.